The minimum Gasteiger partial charge on any atom is -0.457 e. The first-order chi connectivity index (χ1) is 14.9. The third kappa shape index (κ3) is 1.79. The van der Waals surface area contributed by atoms with Crippen molar-refractivity contribution in [1.82, 2.24) is 0 Å². The van der Waals surface area contributed by atoms with Crippen molar-refractivity contribution in [3.8, 4) is 22.6 Å². The van der Waals surface area contributed by atoms with Crippen LogP contribution in [0.1, 0.15) is 22.3 Å². The van der Waals surface area contributed by atoms with Crippen molar-refractivity contribution in [3.05, 3.63) is 131 Å². The van der Waals surface area contributed by atoms with Gasteiger partial charge in [0.2, 0.25) is 0 Å². The second-order valence-corrected chi connectivity index (χ2v) is 8.10. The van der Waals surface area contributed by atoms with Crippen molar-refractivity contribution >= 4 is 10.8 Å². The molecule has 1 nitrogen and oxygen atoms in total. The topological polar surface area (TPSA) is 9.23 Å². The summed E-state index contributed by atoms with van der Waals surface area (Å²) in [5.74, 6) is 1.87. The maximum atomic E-state index is 6.40. The highest BCUT2D eigenvalue weighted by molar-refractivity contribution is 6.05. The van der Waals surface area contributed by atoms with Crippen LogP contribution in [0.15, 0.2) is 109 Å². The SMILES string of the molecule is c1ccc2c(c1)Oc1ccccc1C21c2ccccc2-c2cccc3cccc1c23. The van der Waals surface area contributed by atoms with Crippen LogP contribution in [0.2, 0.25) is 0 Å². The molecule has 0 N–H and O–H groups in total. The van der Waals surface area contributed by atoms with Crippen LogP contribution in [0.5, 0.6) is 11.5 Å². The molecule has 0 saturated carbocycles. The first-order valence-electron chi connectivity index (χ1n) is 10.4. The lowest BCUT2D eigenvalue weighted by Crippen LogP contribution is -2.36. The van der Waals surface area contributed by atoms with E-state index in [1.807, 2.05) is 0 Å². The first-order valence-corrected chi connectivity index (χ1v) is 10.4. The smallest absolute Gasteiger partial charge is 0.132 e. The standard InChI is InChI=1S/C29H18O/c1-2-13-22-20(11-1)21-12-7-9-19-10-8-16-25(28(19)21)29(22)23-14-3-5-17-26(23)30-27-18-6-4-15-24(27)29/h1-18H. The fourth-order valence-electron chi connectivity index (χ4n) is 5.64. The first kappa shape index (κ1) is 16.0. The van der Waals surface area contributed by atoms with Gasteiger partial charge >= 0.3 is 0 Å². The van der Waals surface area contributed by atoms with Crippen LogP contribution in [-0.4, -0.2) is 0 Å². The Labute approximate surface area is 175 Å². The average Bonchev–Trinajstić information content (AvgIpc) is 2.82. The zero-order valence-electron chi connectivity index (χ0n) is 16.3. The Morgan fingerprint density at radius 2 is 0.967 bits per heavy atom. The van der Waals surface area contributed by atoms with E-state index in [-0.39, 0.29) is 0 Å². The van der Waals surface area contributed by atoms with Crippen LogP contribution >= 0.6 is 0 Å². The predicted molar refractivity (Wildman–Crippen MR) is 121 cm³/mol. The van der Waals surface area contributed by atoms with Crippen molar-refractivity contribution in [2.75, 3.05) is 0 Å². The molecule has 1 aliphatic heterocycles. The Bertz CT molecular complexity index is 1430. The van der Waals surface area contributed by atoms with E-state index in [1.165, 1.54) is 44.2 Å². The number of rotatable bonds is 0. The van der Waals surface area contributed by atoms with Gasteiger partial charge in [0, 0.05) is 11.1 Å². The van der Waals surface area contributed by atoms with Gasteiger partial charge in [0.1, 0.15) is 11.5 Å². The second-order valence-electron chi connectivity index (χ2n) is 8.10. The molecular weight excluding hydrogens is 364 g/mol. The Balaban J connectivity index is 1.79. The Kier molecular flexibility index (Phi) is 2.99. The molecule has 1 spiro atoms. The highest BCUT2D eigenvalue weighted by Gasteiger charge is 2.49. The van der Waals surface area contributed by atoms with E-state index in [2.05, 4.69) is 109 Å². The summed E-state index contributed by atoms with van der Waals surface area (Å²) in [6, 6.07) is 39.3. The van der Waals surface area contributed by atoms with Crippen LogP contribution in [-0.2, 0) is 5.41 Å². The molecule has 1 aliphatic carbocycles. The molecule has 2 aliphatic rings. The van der Waals surface area contributed by atoms with E-state index >= 15 is 0 Å². The van der Waals surface area contributed by atoms with Gasteiger partial charge < -0.3 is 4.74 Å². The van der Waals surface area contributed by atoms with Gasteiger partial charge in [0.15, 0.2) is 0 Å². The van der Waals surface area contributed by atoms with E-state index in [9.17, 15) is 0 Å². The average molecular weight is 382 g/mol. The van der Waals surface area contributed by atoms with Gasteiger partial charge in [-0.1, -0.05) is 97.1 Å². The number of benzene rings is 5. The van der Waals surface area contributed by atoms with Gasteiger partial charge in [0.05, 0.1) is 5.41 Å². The maximum Gasteiger partial charge on any atom is 0.132 e. The van der Waals surface area contributed by atoms with E-state index in [0.29, 0.717) is 0 Å². The molecule has 0 unspecified atom stereocenters. The van der Waals surface area contributed by atoms with E-state index in [1.54, 1.807) is 0 Å². The quantitative estimate of drug-likeness (QED) is 0.267. The molecule has 0 amide bonds. The molecule has 0 aromatic heterocycles. The molecule has 1 heteroatoms. The third-order valence-electron chi connectivity index (χ3n) is 6.73. The highest BCUT2D eigenvalue weighted by atomic mass is 16.5. The normalized spacial score (nSPS) is 14.5. The Hall–Kier alpha value is -3.84. The minimum absolute atomic E-state index is 0.407. The van der Waals surface area contributed by atoms with Crippen molar-refractivity contribution in [2.45, 2.75) is 5.41 Å². The molecule has 0 fully saturated rings. The van der Waals surface area contributed by atoms with Crippen LogP contribution in [0.25, 0.3) is 21.9 Å². The summed E-state index contributed by atoms with van der Waals surface area (Å²) in [5, 5.41) is 2.62. The molecule has 140 valence electrons. The number of para-hydroxylation sites is 2. The molecule has 5 aromatic carbocycles. The summed E-state index contributed by atoms with van der Waals surface area (Å²) >= 11 is 0. The van der Waals surface area contributed by atoms with Crippen molar-refractivity contribution < 1.29 is 4.74 Å². The monoisotopic (exact) mass is 382 g/mol. The number of fused-ring (bicyclic) bond motifs is 8. The fraction of sp³-hybridized carbons (Fsp3) is 0.0345. The van der Waals surface area contributed by atoms with E-state index in [4.69, 9.17) is 4.74 Å². The minimum atomic E-state index is -0.407. The second kappa shape index (κ2) is 5.61. The van der Waals surface area contributed by atoms with Crippen LogP contribution in [0, 0.1) is 0 Å². The molecule has 0 atom stereocenters. The molecule has 1 heterocycles. The van der Waals surface area contributed by atoms with Crippen molar-refractivity contribution in [1.29, 1.82) is 0 Å². The number of hydrogen-bond donors (Lipinski definition) is 0. The molecule has 7 rings (SSSR count). The summed E-state index contributed by atoms with van der Waals surface area (Å²) in [4.78, 5) is 0. The predicted octanol–water partition coefficient (Wildman–Crippen LogP) is 7.31. The van der Waals surface area contributed by atoms with Crippen molar-refractivity contribution in [3.63, 3.8) is 0 Å². The van der Waals surface area contributed by atoms with E-state index in [0.717, 1.165) is 11.5 Å². The third-order valence-corrected chi connectivity index (χ3v) is 6.73. The van der Waals surface area contributed by atoms with Gasteiger partial charge in [-0.25, -0.2) is 0 Å². The zero-order chi connectivity index (χ0) is 19.7. The molecular formula is C29H18O. The van der Waals surface area contributed by atoms with Crippen molar-refractivity contribution in [2.24, 2.45) is 0 Å². The summed E-state index contributed by atoms with van der Waals surface area (Å²) < 4.78 is 6.40. The molecule has 0 saturated heterocycles. The summed E-state index contributed by atoms with van der Waals surface area (Å²) in [6.07, 6.45) is 0. The summed E-state index contributed by atoms with van der Waals surface area (Å²) in [5.41, 5.74) is 7.27. The van der Waals surface area contributed by atoms with Gasteiger partial charge in [-0.15, -0.1) is 0 Å². The molecule has 0 radical (unpaired) electrons. The van der Waals surface area contributed by atoms with Crippen LogP contribution in [0.3, 0.4) is 0 Å². The van der Waals surface area contributed by atoms with Gasteiger partial charge in [-0.2, -0.15) is 0 Å². The maximum absolute atomic E-state index is 6.40. The Morgan fingerprint density at radius 3 is 1.70 bits per heavy atom. The van der Waals surface area contributed by atoms with Gasteiger partial charge in [0.25, 0.3) is 0 Å². The lowest BCUT2D eigenvalue weighted by Gasteiger charge is -2.45. The molecule has 0 bridgehead atoms. The molecule has 5 aromatic rings. The zero-order valence-corrected chi connectivity index (χ0v) is 16.3. The van der Waals surface area contributed by atoms with Crippen LogP contribution < -0.4 is 4.74 Å². The Morgan fingerprint density at radius 1 is 0.433 bits per heavy atom. The van der Waals surface area contributed by atoms with Crippen LogP contribution in [0.4, 0.5) is 0 Å². The lowest BCUT2D eigenvalue weighted by molar-refractivity contribution is 0.435. The summed E-state index contributed by atoms with van der Waals surface area (Å²) in [7, 11) is 0. The number of hydrogen-bond acceptors (Lipinski definition) is 1. The lowest BCUT2D eigenvalue weighted by atomic mass is 9.58. The van der Waals surface area contributed by atoms with E-state index < -0.39 is 5.41 Å². The summed E-state index contributed by atoms with van der Waals surface area (Å²) in [6.45, 7) is 0. The largest absolute Gasteiger partial charge is 0.457 e. The fourth-order valence-corrected chi connectivity index (χ4v) is 5.64. The highest BCUT2D eigenvalue weighted by Crippen LogP contribution is 2.60. The molecule has 30 heavy (non-hydrogen) atoms. The van der Waals surface area contributed by atoms with Gasteiger partial charge in [-0.05, 0) is 45.2 Å². The number of ether oxygens (including phenoxy) is 1. The van der Waals surface area contributed by atoms with Gasteiger partial charge in [-0.3, -0.25) is 0 Å².